The quantitative estimate of drug-likeness (QED) is 0.733. The molecule has 1 aromatic carbocycles. The second-order valence-electron chi connectivity index (χ2n) is 6.08. The number of carbonyl (C=O) groups is 1. The van der Waals surface area contributed by atoms with Gasteiger partial charge >= 0.3 is 0 Å². The van der Waals surface area contributed by atoms with Crippen LogP contribution in [0.5, 0.6) is 0 Å². The summed E-state index contributed by atoms with van der Waals surface area (Å²) in [7, 11) is -0.582. The second kappa shape index (κ2) is 9.49. The summed E-state index contributed by atoms with van der Waals surface area (Å²) in [5.41, 5.74) is 1.10. The molecule has 0 radical (unpaired) electrons. The van der Waals surface area contributed by atoms with Crippen LogP contribution < -0.4 is 10.6 Å². The number of nitrogens with one attached hydrogen (secondary N) is 2. The van der Waals surface area contributed by atoms with Crippen LogP contribution in [-0.2, 0) is 19.6 Å². The van der Waals surface area contributed by atoms with Gasteiger partial charge in [-0.2, -0.15) is 0 Å². The summed E-state index contributed by atoms with van der Waals surface area (Å²) in [5.74, 6) is -0.218. The number of anilines is 1. The van der Waals surface area contributed by atoms with Gasteiger partial charge in [0.1, 0.15) is 0 Å². The van der Waals surface area contributed by atoms with Gasteiger partial charge in [-0.1, -0.05) is 6.07 Å². The Bertz CT molecular complexity index is 689. The van der Waals surface area contributed by atoms with E-state index in [-0.39, 0.29) is 35.9 Å². The van der Waals surface area contributed by atoms with Crippen molar-refractivity contribution in [3.05, 3.63) is 23.8 Å². The zero-order valence-electron chi connectivity index (χ0n) is 14.7. The molecule has 142 valence electrons. The van der Waals surface area contributed by atoms with Gasteiger partial charge in [0, 0.05) is 32.9 Å². The first kappa shape index (κ1) is 21.9. The Balaban J connectivity index is 0.00000312. The van der Waals surface area contributed by atoms with Crippen LogP contribution in [0.1, 0.15) is 18.4 Å². The van der Waals surface area contributed by atoms with Crippen molar-refractivity contribution < 1.29 is 17.9 Å². The van der Waals surface area contributed by atoms with E-state index in [1.165, 1.54) is 20.2 Å². The monoisotopic (exact) mass is 391 g/mol. The predicted octanol–water partition coefficient (Wildman–Crippen LogP) is 1.37. The van der Waals surface area contributed by atoms with Crippen LogP contribution in [0.2, 0.25) is 0 Å². The van der Waals surface area contributed by atoms with Crippen molar-refractivity contribution in [1.29, 1.82) is 0 Å². The third-order valence-electron chi connectivity index (χ3n) is 3.91. The number of nitrogens with zero attached hydrogens (tertiary/aromatic N) is 1. The fourth-order valence-corrected chi connectivity index (χ4v) is 3.65. The SMILES string of the molecule is Cc1ccc(NC(=O)CNCC2CCCO2)cc1S(=O)(=O)N(C)C.Cl. The minimum Gasteiger partial charge on any atom is -0.377 e. The highest BCUT2D eigenvalue weighted by Gasteiger charge is 2.20. The summed E-state index contributed by atoms with van der Waals surface area (Å²) in [6.45, 7) is 3.31. The van der Waals surface area contributed by atoms with Gasteiger partial charge in [-0.25, -0.2) is 12.7 Å². The summed E-state index contributed by atoms with van der Waals surface area (Å²) in [6, 6.07) is 4.87. The topological polar surface area (TPSA) is 87.7 Å². The summed E-state index contributed by atoms with van der Waals surface area (Å²) < 4.78 is 31.2. The molecule has 0 spiro atoms. The third kappa shape index (κ3) is 5.93. The lowest BCUT2D eigenvalue weighted by molar-refractivity contribution is -0.115. The molecule has 0 aliphatic carbocycles. The van der Waals surface area contributed by atoms with E-state index in [4.69, 9.17) is 4.74 Å². The molecule has 7 nitrogen and oxygen atoms in total. The summed E-state index contributed by atoms with van der Waals surface area (Å²) in [5, 5.41) is 5.78. The lowest BCUT2D eigenvalue weighted by Gasteiger charge is -2.15. The standard InChI is InChI=1S/C16H25N3O4S.ClH/c1-12-6-7-13(9-15(12)24(21,22)19(2)3)18-16(20)11-17-10-14-5-4-8-23-14;/h6-7,9,14,17H,4-5,8,10-11H2,1-3H3,(H,18,20);1H. The molecule has 1 aromatic rings. The van der Waals surface area contributed by atoms with Crippen molar-refractivity contribution in [2.24, 2.45) is 0 Å². The van der Waals surface area contributed by atoms with Crippen LogP contribution in [0.4, 0.5) is 5.69 Å². The number of amides is 1. The number of aryl methyl sites for hydroxylation is 1. The van der Waals surface area contributed by atoms with Gasteiger partial charge in [-0.05, 0) is 37.5 Å². The maximum absolute atomic E-state index is 12.3. The van der Waals surface area contributed by atoms with Crippen LogP contribution >= 0.6 is 12.4 Å². The van der Waals surface area contributed by atoms with E-state index < -0.39 is 10.0 Å². The molecule has 1 heterocycles. The number of hydrogen-bond acceptors (Lipinski definition) is 5. The smallest absolute Gasteiger partial charge is 0.242 e. The average molecular weight is 392 g/mol. The summed E-state index contributed by atoms with van der Waals surface area (Å²) in [6.07, 6.45) is 2.25. The molecule has 2 rings (SSSR count). The van der Waals surface area contributed by atoms with Crippen molar-refractivity contribution in [1.82, 2.24) is 9.62 Å². The van der Waals surface area contributed by atoms with Gasteiger partial charge < -0.3 is 15.4 Å². The van der Waals surface area contributed by atoms with Gasteiger partial charge in [-0.15, -0.1) is 12.4 Å². The molecule has 1 saturated heterocycles. The maximum atomic E-state index is 12.3. The van der Waals surface area contributed by atoms with Crippen molar-refractivity contribution in [3.63, 3.8) is 0 Å². The molecule has 0 saturated carbocycles. The number of benzene rings is 1. The van der Waals surface area contributed by atoms with E-state index in [1.807, 2.05) is 0 Å². The zero-order valence-corrected chi connectivity index (χ0v) is 16.4. The van der Waals surface area contributed by atoms with E-state index in [0.717, 1.165) is 23.8 Å². The molecule has 0 aromatic heterocycles. The predicted molar refractivity (Wildman–Crippen MR) is 99.8 cm³/mol. The van der Waals surface area contributed by atoms with E-state index in [9.17, 15) is 13.2 Å². The molecular formula is C16H26ClN3O4S. The molecule has 1 unspecified atom stereocenters. The molecule has 0 bridgehead atoms. The first-order valence-electron chi connectivity index (χ1n) is 7.96. The fourth-order valence-electron chi connectivity index (χ4n) is 2.51. The van der Waals surface area contributed by atoms with E-state index in [1.54, 1.807) is 19.1 Å². The van der Waals surface area contributed by atoms with Crippen LogP contribution in [0.3, 0.4) is 0 Å². The van der Waals surface area contributed by atoms with Crippen molar-refractivity contribution in [3.8, 4) is 0 Å². The summed E-state index contributed by atoms with van der Waals surface area (Å²) in [4.78, 5) is 12.2. The Morgan fingerprint density at radius 3 is 2.68 bits per heavy atom. The normalized spacial score (nSPS) is 17.4. The number of sulfonamides is 1. The Morgan fingerprint density at radius 1 is 1.36 bits per heavy atom. The lowest BCUT2D eigenvalue weighted by Crippen LogP contribution is -2.33. The molecule has 2 N–H and O–H groups in total. The van der Waals surface area contributed by atoms with Gasteiger partial charge in [0.2, 0.25) is 15.9 Å². The fraction of sp³-hybridized carbons (Fsp3) is 0.562. The van der Waals surface area contributed by atoms with Crippen molar-refractivity contribution in [2.75, 3.05) is 39.1 Å². The first-order chi connectivity index (χ1) is 11.3. The Kier molecular flexibility index (Phi) is 8.30. The third-order valence-corrected chi connectivity index (χ3v) is 5.87. The lowest BCUT2D eigenvalue weighted by atomic mass is 10.2. The highest BCUT2D eigenvalue weighted by Crippen LogP contribution is 2.22. The second-order valence-corrected chi connectivity index (χ2v) is 8.20. The van der Waals surface area contributed by atoms with Crippen LogP contribution in [0, 0.1) is 6.92 Å². The highest BCUT2D eigenvalue weighted by molar-refractivity contribution is 7.89. The number of carbonyl (C=O) groups excluding carboxylic acids is 1. The molecule has 1 fully saturated rings. The first-order valence-corrected chi connectivity index (χ1v) is 9.40. The molecule has 9 heteroatoms. The van der Waals surface area contributed by atoms with Gasteiger partial charge in [-0.3, -0.25) is 4.79 Å². The van der Waals surface area contributed by atoms with Gasteiger partial charge in [0.25, 0.3) is 0 Å². The highest BCUT2D eigenvalue weighted by atomic mass is 35.5. The minimum atomic E-state index is -3.54. The van der Waals surface area contributed by atoms with Crippen molar-refractivity contribution in [2.45, 2.75) is 30.8 Å². The van der Waals surface area contributed by atoms with Crippen molar-refractivity contribution >= 4 is 34.0 Å². The van der Waals surface area contributed by atoms with E-state index in [2.05, 4.69) is 10.6 Å². The van der Waals surface area contributed by atoms with Crippen LogP contribution in [0.15, 0.2) is 23.1 Å². The van der Waals surface area contributed by atoms with Gasteiger partial charge in [0.05, 0.1) is 17.5 Å². The van der Waals surface area contributed by atoms with E-state index >= 15 is 0 Å². The largest absolute Gasteiger partial charge is 0.377 e. The Hall–Kier alpha value is -1.19. The number of ether oxygens (including phenoxy) is 1. The molecule has 25 heavy (non-hydrogen) atoms. The molecule has 1 atom stereocenters. The summed E-state index contributed by atoms with van der Waals surface area (Å²) >= 11 is 0. The molecule has 1 aliphatic heterocycles. The Morgan fingerprint density at radius 2 is 2.08 bits per heavy atom. The number of halogens is 1. The number of hydrogen-bond donors (Lipinski definition) is 2. The maximum Gasteiger partial charge on any atom is 0.242 e. The van der Waals surface area contributed by atoms with E-state index in [0.29, 0.717) is 17.8 Å². The van der Waals surface area contributed by atoms with Crippen LogP contribution in [-0.4, -0.2) is 58.5 Å². The van der Waals surface area contributed by atoms with Gasteiger partial charge in [0.15, 0.2) is 0 Å². The molecule has 1 amide bonds. The zero-order chi connectivity index (χ0) is 17.7. The van der Waals surface area contributed by atoms with Crippen LogP contribution in [0.25, 0.3) is 0 Å². The molecular weight excluding hydrogens is 366 g/mol. The molecule has 1 aliphatic rings. The minimum absolute atomic E-state index is 0. The average Bonchev–Trinajstić information content (AvgIpc) is 3.02. The number of rotatable bonds is 7. The Labute approximate surface area is 155 Å².